The number of sulfonamides is 1. The van der Waals surface area contributed by atoms with E-state index in [2.05, 4.69) is 4.98 Å². The van der Waals surface area contributed by atoms with Gasteiger partial charge in [0.25, 0.3) is 0 Å². The summed E-state index contributed by atoms with van der Waals surface area (Å²) in [6.45, 7) is 0.419. The van der Waals surface area contributed by atoms with E-state index in [1.807, 2.05) is 0 Å². The standard InChI is InChI=1S/C11H15ClN2O3S/c1-14(7-8-4-9(15)5-8)18(16,17)10-2-3-11(12)13-6-10/h2-3,6,8-9,15H,4-5,7H2,1H3. The zero-order valence-electron chi connectivity index (χ0n) is 9.95. The summed E-state index contributed by atoms with van der Waals surface area (Å²) in [6, 6.07) is 2.90. The van der Waals surface area contributed by atoms with E-state index in [0.29, 0.717) is 19.4 Å². The van der Waals surface area contributed by atoms with Crippen molar-refractivity contribution in [2.75, 3.05) is 13.6 Å². The third-order valence-corrected chi connectivity index (χ3v) is 5.17. The van der Waals surface area contributed by atoms with Crippen LogP contribution in [0.25, 0.3) is 0 Å². The van der Waals surface area contributed by atoms with Crippen molar-refractivity contribution < 1.29 is 13.5 Å². The maximum Gasteiger partial charge on any atom is 0.244 e. The van der Waals surface area contributed by atoms with Crippen LogP contribution >= 0.6 is 11.6 Å². The first kappa shape index (κ1) is 13.7. The highest BCUT2D eigenvalue weighted by Gasteiger charge is 2.31. The lowest BCUT2D eigenvalue weighted by Crippen LogP contribution is -2.39. The maximum atomic E-state index is 12.2. The monoisotopic (exact) mass is 290 g/mol. The summed E-state index contributed by atoms with van der Waals surface area (Å²) in [4.78, 5) is 3.91. The third kappa shape index (κ3) is 2.83. The van der Waals surface area contributed by atoms with Gasteiger partial charge >= 0.3 is 0 Å². The smallest absolute Gasteiger partial charge is 0.244 e. The zero-order valence-corrected chi connectivity index (χ0v) is 11.5. The minimum atomic E-state index is -3.51. The molecule has 2 rings (SSSR count). The van der Waals surface area contributed by atoms with E-state index in [-0.39, 0.29) is 22.1 Å². The molecule has 0 amide bonds. The lowest BCUT2D eigenvalue weighted by Gasteiger charge is -2.33. The Balaban J connectivity index is 2.08. The minimum Gasteiger partial charge on any atom is -0.393 e. The van der Waals surface area contributed by atoms with Crippen molar-refractivity contribution in [3.63, 3.8) is 0 Å². The minimum absolute atomic E-state index is 0.134. The van der Waals surface area contributed by atoms with E-state index in [0.717, 1.165) is 0 Å². The van der Waals surface area contributed by atoms with E-state index in [9.17, 15) is 13.5 Å². The van der Waals surface area contributed by atoms with E-state index in [1.54, 1.807) is 0 Å². The molecule has 1 saturated carbocycles. The third-order valence-electron chi connectivity index (χ3n) is 3.13. The van der Waals surface area contributed by atoms with Gasteiger partial charge in [0.15, 0.2) is 0 Å². The topological polar surface area (TPSA) is 70.5 Å². The molecule has 1 aliphatic rings. The number of nitrogens with zero attached hydrogens (tertiary/aromatic N) is 2. The largest absolute Gasteiger partial charge is 0.393 e. The zero-order chi connectivity index (χ0) is 13.3. The molecule has 0 aliphatic heterocycles. The SMILES string of the molecule is CN(CC1CC(O)C1)S(=O)(=O)c1ccc(Cl)nc1. The summed E-state index contributed by atoms with van der Waals surface area (Å²) in [7, 11) is -1.98. The summed E-state index contributed by atoms with van der Waals surface area (Å²) in [5.41, 5.74) is 0. The van der Waals surface area contributed by atoms with Gasteiger partial charge in [-0.05, 0) is 30.9 Å². The van der Waals surface area contributed by atoms with Gasteiger partial charge in [-0.15, -0.1) is 0 Å². The molecule has 0 atom stereocenters. The Labute approximate surface area is 111 Å². The highest BCUT2D eigenvalue weighted by Crippen LogP contribution is 2.29. The van der Waals surface area contributed by atoms with Crippen LogP contribution < -0.4 is 0 Å². The first-order chi connectivity index (χ1) is 8.39. The van der Waals surface area contributed by atoms with Gasteiger partial charge in [0.05, 0.1) is 6.10 Å². The molecule has 1 aromatic rings. The summed E-state index contributed by atoms with van der Waals surface area (Å²) in [5.74, 6) is 0.236. The fourth-order valence-electron chi connectivity index (χ4n) is 2.01. The molecule has 0 bridgehead atoms. The molecule has 0 spiro atoms. The summed E-state index contributed by atoms with van der Waals surface area (Å²) in [5, 5.41) is 9.45. The van der Waals surface area contributed by atoms with Gasteiger partial charge in [-0.1, -0.05) is 11.6 Å². The summed E-state index contributed by atoms with van der Waals surface area (Å²) < 4.78 is 25.7. The van der Waals surface area contributed by atoms with Gasteiger partial charge in [0, 0.05) is 19.8 Å². The van der Waals surface area contributed by atoms with Crippen molar-refractivity contribution in [1.29, 1.82) is 0 Å². The van der Waals surface area contributed by atoms with E-state index in [1.165, 1.54) is 29.7 Å². The molecule has 0 aromatic carbocycles. The maximum absolute atomic E-state index is 12.2. The van der Waals surface area contributed by atoms with E-state index < -0.39 is 10.0 Å². The number of rotatable bonds is 4. The highest BCUT2D eigenvalue weighted by atomic mass is 35.5. The van der Waals surface area contributed by atoms with Crippen LogP contribution in [0.3, 0.4) is 0 Å². The Morgan fingerprint density at radius 3 is 2.67 bits per heavy atom. The number of hydrogen-bond donors (Lipinski definition) is 1. The number of aliphatic hydroxyl groups excluding tert-OH is 1. The quantitative estimate of drug-likeness (QED) is 0.844. The Morgan fingerprint density at radius 2 is 2.17 bits per heavy atom. The Morgan fingerprint density at radius 1 is 1.50 bits per heavy atom. The van der Waals surface area contributed by atoms with Crippen LogP contribution in [0.1, 0.15) is 12.8 Å². The summed E-state index contributed by atoms with van der Waals surface area (Å²) >= 11 is 5.63. The van der Waals surface area contributed by atoms with Gasteiger partial charge in [-0.3, -0.25) is 0 Å². The van der Waals surface area contributed by atoms with Crippen molar-refractivity contribution in [2.24, 2.45) is 5.92 Å². The van der Waals surface area contributed by atoms with Crippen LogP contribution in [0, 0.1) is 5.92 Å². The average Bonchev–Trinajstić information content (AvgIpc) is 2.27. The number of aromatic nitrogens is 1. The molecule has 1 fully saturated rings. The van der Waals surface area contributed by atoms with Gasteiger partial charge in [-0.25, -0.2) is 17.7 Å². The molecule has 0 unspecified atom stereocenters. The Hall–Kier alpha value is -0.690. The molecule has 0 radical (unpaired) electrons. The van der Waals surface area contributed by atoms with Crippen molar-refractivity contribution >= 4 is 21.6 Å². The number of aliphatic hydroxyl groups is 1. The fourth-order valence-corrected chi connectivity index (χ4v) is 3.31. The van der Waals surface area contributed by atoms with Gasteiger partial charge in [0.1, 0.15) is 10.0 Å². The molecular weight excluding hydrogens is 276 g/mol. The van der Waals surface area contributed by atoms with Crippen LogP contribution in [0.5, 0.6) is 0 Å². The second-order valence-electron chi connectivity index (χ2n) is 4.59. The number of halogens is 1. The average molecular weight is 291 g/mol. The van der Waals surface area contributed by atoms with E-state index in [4.69, 9.17) is 11.6 Å². The predicted octanol–water partition coefficient (Wildman–Crippen LogP) is 1.13. The van der Waals surface area contributed by atoms with Gasteiger partial charge in [-0.2, -0.15) is 0 Å². The predicted molar refractivity (Wildman–Crippen MR) is 67.8 cm³/mol. The lowest BCUT2D eigenvalue weighted by atomic mass is 9.82. The first-order valence-corrected chi connectivity index (χ1v) is 7.47. The van der Waals surface area contributed by atoms with Crippen molar-refractivity contribution in [3.8, 4) is 0 Å². The van der Waals surface area contributed by atoms with E-state index >= 15 is 0 Å². The van der Waals surface area contributed by atoms with Crippen LogP contribution in [-0.4, -0.2) is 42.5 Å². The molecule has 5 nitrogen and oxygen atoms in total. The molecule has 1 N–H and O–H groups in total. The van der Waals surface area contributed by atoms with Crippen LogP contribution in [0.4, 0.5) is 0 Å². The van der Waals surface area contributed by atoms with Crippen LogP contribution in [0.2, 0.25) is 5.15 Å². The highest BCUT2D eigenvalue weighted by molar-refractivity contribution is 7.89. The number of pyridine rings is 1. The summed E-state index contributed by atoms with van der Waals surface area (Å²) in [6.07, 6.45) is 2.31. The molecular formula is C11H15ClN2O3S. The molecule has 1 heterocycles. The van der Waals surface area contributed by atoms with Crippen molar-refractivity contribution in [1.82, 2.24) is 9.29 Å². The Bertz CT molecular complexity index is 512. The van der Waals surface area contributed by atoms with Crippen LogP contribution in [0.15, 0.2) is 23.2 Å². The normalized spacial score (nSPS) is 24.0. The van der Waals surface area contributed by atoms with Crippen molar-refractivity contribution in [2.45, 2.75) is 23.8 Å². The number of hydrogen-bond acceptors (Lipinski definition) is 4. The second kappa shape index (κ2) is 5.13. The van der Waals surface area contributed by atoms with Gasteiger partial charge in [0.2, 0.25) is 10.0 Å². The lowest BCUT2D eigenvalue weighted by molar-refractivity contribution is 0.0367. The molecule has 1 aromatic heterocycles. The molecule has 0 saturated heterocycles. The second-order valence-corrected chi connectivity index (χ2v) is 7.03. The Kier molecular flexibility index (Phi) is 3.91. The van der Waals surface area contributed by atoms with Gasteiger partial charge < -0.3 is 5.11 Å². The molecule has 100 valence electrons. The molecule has 7 heteroatoms. The van der Waals surface area contributed by atoms with Crippen molar-refractivity contribution in [3.05, 3.63) is 23.5 Å². The molecule has 18 heavy (non-hydrogen) atoms. The fraction of sp³-hybridized carbons (Fsp3) is 0.545. The van der Waals surface area contributed by atoms with Crippen LogP contribution in [-0.2, 0) is 10.0 Å². The molecule has 1 aliphatic carbocycles. The first-order valence-electron chi connectivity index (χ1n) is 5.65.